The molecule has 13 heteroatoms. The highest BCUT2D eigenvalue weighted by atomic mass is 32.1. The lowest BCUT2D eigenvalue weighted by Crippen LogP contribution is -2.44. The molecular weight excluding hydrogens is 653 g/mol. The predicted octanol–water partition coefficient (Wildman–Crippen LogP) is 5.17. The quantitative estimate of drug-likeness (QED) is 0.218. The molecule has 2 unspecified atom stereocenters. The summed E-state index contributed by atoms with van der Waals surface area (Å²) in [5.74, 6) is 0.619. The van der Waals surface area contributed by atoms with Crippen molar-refractivity contribution in [2.24, 2.45) is 0 Å². The highest BCUT2D eigenvalue weighted by Gasteiger charge is 2.29. The van der Waals surface area contributed by atoms with Crippen LogP contribution in [0.5, 0.6) is 0 Å². The second-order valence-electron chi connectivity index (χ2n) is 13.8. The van der Waals surface area contributed by atoms with Gasteiger partial charge < -0.3 is 30.2 Å². The minimum absolute atomic E-state index is 0.0589. The van der Waals surface area contributed by atoms with E-state index in [4.69, 9.17) is 0 Å². The Morgan fingerprint density at radius 2 is 1.29 bits per heavy atom. The highest BCUT2D eigenvalue weighted by molar-refractivity contribution is 7.15. The average Bonchev–Trinajstić information content (AvgIpc) is 3.80. The van der Waals surface area contributed by atoms with Crippen LogP contribution in [-0.4, -0.2) is 109 Å². The molecule has 49 heavy (non-hydrogen) atoms. The Labute approximate surface area is 297 Å². The molecule has 2 aliphatic heterocycles. The van der Waals surface area contributed by atoms with Crippen LogP contribution in [0.2, 0.25) is 0 Å². The van der Waals surface area contributed by atoms with Gasteiger partial charge in [0.2, 0.25) is 16.2 Å². The maximum atomic E-state index is 13.0. The van der Waals surface area contributed by atoms with Crippen molar-refractivity contribution < 1.29 is 4.79 Å². The number of hydrogen-bond acceptors (Lipinski definition) is 12. The molecule has 4 aromatic rings. The molecule has 7 rings (SSSR count). The number of benzene rings is 2. The van der Waals surface area contributed by atoms with Crippen LogP contribution in [0.4, 0.5) is 21.6 Å². The summed E-state index contributed by atoms with van der Waals surface area (Å²) >= 11 is 3.19. The SMILES string of the molecule is CN1CCN(c2cccc(CCNc3nnc(C4CCCC(c5nnc(NC(=O)Cc6cccc(N7CCN(C)CC7)c6)s5)C4)s3)c2)CC1. The molecular formula is C36H48N10OS2. The molecule has 0 spiro atoms. The molecule has 2 aromatic heterocycles. The third-order valence-corrected chi connectivity index (χ3v) is 12.2. The molecule has 2 atom stereocenters. The molecule has 1 saturated carbocycles. The van der Waals surface area contributed by atoms with Gasteiger partial charge in [-0.25, -0.2) is 0 Å². The van der Waals surface area contributed by atoms with Gasteiger partial charge in [0.1, 0.15) is 10.0 Å². The van der Waals surface area contributed by atoms with Gasteiger partial charge in [0, 0.05) is 82.1 Å². The Hall–Kier alpha value is -3.65. The second-order valence-corrected chi connectivity index (χ2v) is 15.8. The lowest BCUT2D eigenvalue weighted by molar-refractivity contribution is -0.115. The zero-order valence-electron chi connectivity index (χ0n) is 28.7. The molecule has 2 N–H and O–H groups in total. The van der Waals surface area contributed by atoms with Crippen LogP contribution in [0.1, 0.15) is 58.7 Å². The Balaban J connectivity index is 0.878. The van der Waals surface area contributed by atoms with Crippen LogP contribution in [0, 0.1) is 0 Å². The Morgan fingerprint density at radius 1 is 0.735 bits per heavy atom. The van der Waals surface area contributed by atoms with E-state index in [0.29, 0.717) is 23.4 Å². The number of hydrogen-bond donors (Lipinski definition) is 2. The van der Waals surface area contributed by atoms with E-state index in [0.717, 1.165) is 112 Å². The monoisotopic (exact) mass is 700 g/mol. The van der Waals surface area contributed by atoms with Crippen LogP contribution in [-0.2, 0) is 17.6 Å². The lowest BCUT2D eigenvalue weighted by Gasteiger charge is -2.34. The first-order valence-electron chi connectivity index (χ1n) is 17.7. The normalized spacial score (nSPS) is 20.8. The number of anilines is 4. The van der Waals surface area contributed by atoms with Gasteiger partial charge >= 0.3 is 0 Å². The van der Waals surface area contributed by atoms with Crippen LogP contribution in [0.25, 0.3) is 0 Å². The van der Waals surface area contributed by atoms with Crippen molar-refractivity contribution in [1.82, 2.24) is 30.2 Å². The van der Waals surface area contributed by atoms with Crippen molar-refractivity contribution in [2.75, 3.05) is 93.4 Å². The van der Waals surface area contributed by atoms with E-state index in [-0.39, 0.29) is 5.91 Å². The van der Waals surface area contributed by atoms with Crippen LogP contribution in [0.15, 0.2) is 48.5 Å². The predicted molar refractivity (Wildman–Crippen MR) is 201 cm³/mol. The number of rotatable bonds is 11. The van der Waals surface area contributed by atoms with E-state index in [1.807, 2.05) is 12.1 Å². The third-order valence-electron chi connectivity index (χ3n) is 10.1. The first-order chi connectivity index (χ1) is 23.9. The van der Waals surface area contributed by atoms with E-state index in [9.17, 15) is 4.79 Å². The lowest BCUT2D eigenvalue weighted by atomic mass is 9.82. The van der Waals surface area contributed by atoms with Crippen LogP contribution >= 0.6 is 22.7 Å². The van der Waals surface area contributed by atoms with Crippen molar-refractivity contribution in [3.8, 4) is 0 Å². The zero-order valence-corrected chi connectivity index (χ0v) is 30.3. The number of nitrogens with one attached hydrogen (secondary N) is 2. The number of nitrogens with zero attached hydrogens (tertiary/aromatic N) is 8. The van der Waals surface area contributed by atoms with E-state index in [1.165, 1.54) is 28.3 Å². The molecule has 3 aliphatic rings. The van der Waals surface area contributed by atoms with Gasteiger partial charge in [-0.2, -0.15) is 0 Å². The maximum Gasteiger partial charge on any atom is 0.230 e. The molecule has 1 aliphatic carbocycles. The fourth-order valence-corrected chi connectivity index (χ4v) is 8.95. The van der Waals surface area contributed by atoms with E-state index >= 15 is 0 Å². The maximum absolute atomic E-state index is 13.0. The summed E-state index contributed by atoms with van der Waals surface area (Å²) < 4.78 is 0. The molecule has 2 aromatic carbocycles. The van der Waals surface area contributed by atoms with E-state index < -0.39 is 0 Å². The van der Waals surface area contributed by atoms with Gasteiger partial charge in [-0.1, -0.05) is 53.4 Å². The van der Waals surface area contributed by atoms with Crippen molar-refractivity contribution in [1.29, 1.82) is 0 Å². The smallest absolute Gasteiger partial charge is 0.230 e. The first-order valence-corrected chi connectivity index (χ1v) is 19.3. The van der Waals surface area contributed by atoms with Crippen molar-refractivity contribution in [2.45, 2.75) is 50.4 Å². The number of amides is 1. The van der Waals surface area contributed by atoms with Gasteiger partial charge in [-0.3, -0.25) is 4.79 Å². The van der Waals surface area contributed by atoms with Crippen LogP contribution in [0.3, 0.4) is 0 Å². The molecule has 11 nitrogen and oxygen atoms in total. The minimum atomic E-state index is -0.0589. The Morgan fingerprint density at radius 3 is 1.92 bits per heavy atom. The Kier molecular flexibility index (Phi) is 11.0. The Bertz CT molecular complexity index is 1680. The van der Waals surface area contributed by atoms with Crippen LogP contribution < -0.4 is 20.4 Å². The summed E-state index contributed by atoms with van der Waals surface area (Å²) in [6, 6.07) is 17.3. The summed E-state index contributed by atoms with van der Waals surface area (Å²) in [4.78, 5) is 22.6. The molecule has 4 heterocycles. The van der Waals surface area contributed by atoms with E-state index in [1.54, 1.807) is 11.3 Å². The molecule has 2 saturated heterocycles. The fraction of sp³-hybridized carbons (Fsp3) is 0.528. The third kappa shape index (κ3) is 8.94. The summed E-state index contributed by atoms with van der Waals surface area (Å²) in [6.45, 7) is 9.33. The molecule has 0 bridgehead atoms. The summed E-state index contributed by atoms with van der Waals surface area (Å²) in [5.41, 5.74) is 4.86. The second kappa shape index (κ2) is 15.9. The van der Waals surface area contributed by atoms with Gasteiger partial charge in [-0.05, 0) is 75.2 Å². The van der Waals surface area contributed by atoms with Crippen molar-refractivity contribution in [3.05, 3.63) is 69.7 Å². The summed E-state index contributed by atoms with van der Waals surface area (Å²) in [6.07, 6.45) is 5.55. The number of carbonyl (C=O) groups excluding carboxylic acids is 1. The average molecular weight is 701 g/mol. The highest BCUT2D eigenvalue weighted by Crippen LogP contribution is 2.43. The minimum Gasteiger partial charge on any atom is -0.369 e. The first kappa shape index (κ1) is 33.8. The fourth-order valence-electron chi connectivity index (χ4n) is 7.12. The van der Waals surface area contributed by atoms with Crippen molar-refractivity contribution in [3.63, 3.8) is 0 Å². The number of piperazine rings is 2. The van der Waals surface area contributed by atoms with Crippen molar-refractivity contribution >= 4 is 50.2 Å². The standard InChI is InChI=1S/C36H48N10OS2/c1-43-14-18-45(19-15-43)30-10-3-6-26(22-30)12-13-37-35-41-39-33(48-35)28-8-5-9-29(25-28)34-40-42-36(49-34)38-32(47)24-27-7-4-11-31(23-27)46-20-16-44(2)17-21-46/h3-4,6-7,10-11,22-23,28-29H,5,8-9,12-21,24-25H2,1-2H3,(H,37,41)(H,38,42,47). The summed E-state index contributed by atoms with van der Waals surface area (Å²) in [5, 5.41) is 28.1. The topological polar surface area (TPSA) is 106 Å². The van der Waals surface area contributed by atoms with E-state index in [2.05, 4.69) is 101 Å². The molecule has 260 valence electrons. The number of likely N-dealkylation sites (N-methyl/N-ethyl adjacent to an activating group) is 2. The molecule has 1 amide bonds. The van der Waals surface area contributed by atoms with Gasteiger partial charge in [0.15, 0.2) is 0 Å². The molecule has 0 radical (unpaired) electrons. The summed E-state index contributed by atoms with van der Waals surface area (Å²) in [7, 11) is 4.35. The number of carbonyl (C=O) groups is 1. The largest absolute Gasteiger partial charge is 0.369 e. The van der Waals surface area contributed by atoms with Gasteiger partial charge in [0.25, 0.3) is 0 Å². The van der Waals surface area contributed by atoms with Gasteiger partial charge in [0.05, 0.1) is 6.42 Å². The van der Waals surface area contributed by atoms with Gasteiger partial charge in [-0.15, -0.1) is 20.4 Å². The zero-order chi connectivity index (χ0) is 33.6. The molecule has 3 fully saturated rings. The number of aromatic nitrogens is 4.